The lowest BCUT2D eigenvalue weighted by molar-refractivity contribution is -0.115. The molecule has 116 valence electrons. The number of rotatable bonds is 4. The van der Waals surface area contributed by atoms with E-state index in [1.54, 1.807) is 24.3 Å². The molecule has 0 bridgehead atoms. The van der Waals surface area contributed by atoms with Crippen LogP contribution in [-0.2, 0) is 4.79 Å². The van der Waals surface area contributed by atoms with E-state index in [4.69, 9.17) is 5.26 Å². The first-order chi connectivity index (χ1) is 11.1. The molecule has 3 N–H and O–H groups in total. The number of carbonyl (C=O) groups excluding carboxylic acids is 2. The standard InChI is InChI=1S/C16H13FN4O2/c17-12-5-3-6-13(8-12)20-15(22)10-19-16(23)21-14-7-2-1-4-11(14)9-18/h1-8H,10H2,(H,20,22)(H2,19,21,23). The lowest BCUT2D eigenvalue weighted by Gasteiger charge is -2.09. The molecule has 2 rings (SSSR count). The lowest BCUT2D eigenvalue weighted by atomic mass is 10.2. The van der Waals surface area contributed by atoms with Gasteiger partial charge in [-0.15, -0.1) is 0 Å². The highest BCUT2D eigenvalue weighted by Gasteiger charge is 2.08. The first-order valence-corrected chi connectivity index (χ1v) is 6.68. The number of nitrogens with one attached hydrogen (secondary N) is 3. The number of amides is 3. The summed E-state index contributed by atoms with van der Waals surface area (Å²) >= 11 is 0. The number of carbonyl (C=O) groups is 2. The summed E-state index contributed by atoms with van der Waals surface area (Å²) in [5, 5.41) is 16.2. The van der Waals surface area contributed by atoms with Crippen LogP contribution < -0.4 is 16.0 Å². The van der Waals surface area contributed by atoms with Crippen molar-refractivity contribution in [1.82, 2.24) is 5.32 Å². The Kier molecular flexibility index (Phi) is 5.25. The van der Waals surface area contributed by atoms with E-state index in [2.05, 4.69) is 16.0 Å². The van der Waals surface area contributed by atoms with Gasteiger partial charge in [0.2, 0.25) is 5.91 Å². The molecule has 2 aromatic rings. The summed E-state index contributed by atoms with van der Waals surface area (Å²) in [6, 6.07) is 13.2. The second kappa shape index (κ2) is 7.56. The van der Waals surface area contributed by atoms with Gasteiger partial charge in [0.15, 0.2) is 0 Å². The molecule has 6 nitrogen and oxygen atoms in total. The summed E-state index contributed by atoms with van der Waals surface area (Å²) in [4.78, 5) is 23.4. The second-order valence-corrected chi connectivity index (χ2v) is 4.52. The Balaban J connectivity index is 1.84. The molecule has 0 aliphatic carbocycles. The highest BCUT2D eigenvalue weighted by Crippen LogP contribution is 2.13. The SMILES string of the molecule is N#Cc1ccccc1NC(=O)NCC(=O)Nc1cccc(F)c1. The van der Waals surface area contributed by atoms with E-state index in [0.29, 0.717) is 16.9 Å². The van der Waals surface area contributed by atoms with Crippen LogP contribution in [0.5, 0.6) is 0 Å². The van der Waals surface area contributed by atoms with Gasteiger partial charge in [0.25, 0.3) is 0 Å². The minimum Gasteiger partial charge on any atom is -0.329 e. The van der Waals surface area contributed by atoms with Gasteiger partial charge in [-0.05, 0) is 30.3 Å². The number of anilines is 2. The minimum atomic E-state index is -0.623. The lowest BCUT2D eigenvalue weighted by Crippen LogP contribution is -2.35. The molecule has 0 saturated heterocycles. The average Bonchev–Trinajstić information content (AvgIpc) is 2.53. The van der Waals surface area contributed by atoms with Crippen molar-refractivity contribution < 1.29 is 14.0 Å². The van der Waals surface area contributed by atoms with E-state index in [-0.39, 0.29) is 6.54 Å². The molecule has 0 spiro atoms. The molecule has 0 unspecified atom stereocenters. The van der Waals surface area contributed by atoms with Gasteiger partial charge in [0.1, 0.15) is 11.9 Å². The highest BCUT2D eigenvalue weighted by molar-refractivity contribution is 5.97. The van der Waals surface area contributed by atoms with Crippen molar-refractivity contribution in [3.05, 3.63) is 59.9 Å². The van der Waals surface area contributed by atoms with Crippen molar-refractivity contribution >= 4 is 23.3 Å². The number of benzene rings is 2. The van der Waals surface area contributed by atoms with Crippen LogP contribution in [0.25, 0.3) is 0 Å². The second-order valence-electron chi connectivity index (χ2n) is 4.52. The van der Waals surface area contributed by atoms with Gasteiger partial charge in [0, 0.05) is 5.69 Å². The summed E-state index contributed by atoms with van der Waals surface area (Å²) in [6.45, 7) is -0.295. The monoisotopic (exact) mass is 312 g/mol. The van der Waals surface area contributed by atoms with Crippen LogP contribution in [-0.4, -0.2) is 18.5 Å². The Labute approximate surface area is 131 Å². The fourth-order valence-electron chi connectivity index (χ4n) is 1.79. The first kappa shape index (κ1) is 16.0. The number of para-hydroxylation sites is 1. The van der Waals surface area contributed by atoms with Crippen molar-refractivity contribution in [2.24, 2.45) is 0 Å². The number of hydrogen-bond donors (Lipinski definition) is 3. The molecule has 2 aromatic carbocycles. The van der Waals surface area contributed by atoms with Crippen molar-refractivity contribution in [3.8, 4) is 6.07 Å². The zero-order valence-corrected chi connectivity index (χ0v) is 12.0. The number of halogens is 1. The van der Waals surface area contributed by atoms with Crippen LogP contribution >= 0.6 is 0 Å². The molecular formula is C16H13FN4O2. The predicted molar refractivity (Wildman–Crippen MR) is 83.2 cm³/mol. The van der Waals surface area contributed by atoms with Gasteiger partial charge in [-0.1, -0.05) is 18.2 Å². The molecule has 0 aliphatic heterocycles. The summed E-state index contributed by atoms with van der Waals surface area (Å²) in [5.41, 5.74) is 0.955. The van der Waals surface area contributed by atoms with Crippen molar-refractivity contribution in [3.63, 3.8) is 0 Å². The third kappa shape index (κ3) is 4.82. The highest BCUT2D eigenvalue weighted by atomic mass is 19.1. The van der Waals surface area contributed by atoms with Gasteiger partial charge in [0.05, 0.1) is 17.8 Å². The van der Waals surface area contributed by atoms with Crippen LogP contribution in [0, 0.1) is 17.1 Å². The molecule has 0 atom stereocenters. The predicted octanol–water partition coefficient (Wildman–Crippen LogP) is 2.46. The third-order valence-corrected chi connectivity index (χ3v) is 2.81. The van der Waals surface area contributed by atoms with E-state index in [1.807, 2.05) is 6.07 Å². The molecule has 0 aromatic heterocycles. The van der Waals surface area contributed by atoms with Crippen LogP contribution in [0.4, 0.5) is 20.6 Å². The molecule has 0 heterocycles. The maximum absolute atomic E-state index is 13.0. The number of hydrogen-bond acceptors (Lipinski definition) is 3. The van der Waals surface area contributed by atoms with Gasteiger partial charge >= 0.3 is 6.03 Å². The summed E-state index contributed by atoms with van der Waals surface area (Å²) < 4.78 is 13.0. The molecule has 23 heavy (non-hydrogen) atoms. The summed E-state index contributed by atoms with van der Waals surface area (Å²) in [6.07, 6.45) is 0. The van der Waals surface area contributed by atoms with Crippen molar-refractivity contribution in [2.45, 2.75) is 0 Å². The van der Waals surface area contributed by atoms with E-state index >= 15 is 0 Å². The average molecular weight is 312 g/mol. The van der Waals surface area contributed by atoms with E-state index < -0.39 is 17.8 Å². The van der Waals surface area contributed by atoms with Gasteiger partial charge < -0.3 is 16.0 Å². The van der Waals surface area contributed by atoms with E-state index in [1.165, 1.54) is 24.3 Å². The maximum Gasteiger partial charge on any atom is 0.319 e. The zero-order valence-electron chi connectivity index (χ0n) is 12.0. The van der Waals surface area contributed by atoms with Crippen molar-refractivity contribution in [1.29, 1.82) is 5.26 Å². The molecule has 3 amide bonds. The molecule has 0 aliphatic rings. The number of nitriles is 1. The van der Waals surface area contributed by atoms with E-state index in [0.717, 1.165) is 0 Å². The Bertz CT molecular complexity index is 771. The molecule has 0 saturated carbocycles. The summed E-state index contributed by atoms with van der Waals surface area (Å²) in [7, 11) is 0. The largest absolute Gasteiger partial charge is 0.329 e. The first-order valence-electron chi connectivity index (χ1n) is 6.68. The molecular weight excluding hydrogens is 299 g/mol. The molecule has 0 fully saturated rings. The normalized spacial score (nSPS) is 9.57. The zero-order chi connectivity index (χ0) is 16.7. The van der Waals surface area contributed by atoms with Gasteiger partial charge in [-0.3, -0.25) is 4.79 Å². The molecule has 7 heteroatoms. The molecule has 0 radical (unpaired) electrons. The van der Waals surface area contributed by atoms with E-state index in [9.17, 15) is 14.0 Å². The number of urea groups is 1. The quantitative estimate of drug-likeness (QED) is 0.809. The third-order valence-electron chi connectivity index (χ3n) is 2.81. The van der Waals surface area contributed by atoms with Crippen LogP contribution in [0.1, 0.15) is 5.56 Å². The van der Waals surface area contributed by atoms with Crippen LogP contribution in [0.2, 0.25) is 0 Å². The Morgan fingerprint density at radius 3 is 2.61 bits per heavy atom. The smallest absolute Gasteiger partial charge is 0.319 e. The van der Waals surface area contributed by atoms with Crippen molar-refractivity contribution in [2.75, 3.05) is 17.2 Å². The Hall–Kier alpha value is -3.40. The summed E-state index contributed by atoms with van der Waals surface area (Å²) in [5.74, 6) is -0.971. The minimum absolute atomic E-state index is 0.295. The van der Waals surface area contributed by atoms with Gasteiger partial charge in [-0.2, -0.15) is 5.26 Å². The topological polar surface area (TPSA) is 94.0 Å². The van der Waals surface area contributed by atoms with Crippen LogP contribution in [0.3, 0.4) is 0 Å². The Morgan fingerprint density at radius 2 is 1.87 bits per heavy atom. The number of nitrogens with zero attached hydrogens (tertiary/aromatic N) is 1. The van der Waals surface area contributed by atoms with Gasteiger partial charge in [-0.25, -0.2) is 9.18 Å². The fraction of sp³-hybridized carbons (Fsp3) is 0.0625. The fourth-order valence-corrected chi connectivity index (χ4v) is 1.79. The Morgan fingerprint density at radius 1 is 1.09 bits per heavy atom. The van der Waals surface area contributed by atoms with Crippen LogP contribution in [0.15, 0.2) is 48.5 Å². The maximum atomic E-state index is 13.0.